The lowest BCUT2D eigenvalue weighted by atomic mass is 9.68. The number of halogens is 5. The zero-order chi connectivity index (χ0) is 24.2. The van der Waals surface area contributed by atoms with Crippen molar-refractivity contribution in [2.45, 2.75) is 77.0 Å². The second-order valence-electron chi connectivity index (χ2n) is 10.2. The van der Waals surface area contributed by atoms with Gasteiger partial charge < -0.3 is 0 Å². The third kappa shape index (κ3) is 5.55. The second kappa shape index (κ2) is 11.0. The largest absolute Gasteiger partial charge is 0.204 e. The van der Waals surface area contributed by atoms with Crippen LogP contribution in [0, 0.1) is 35.2 Å². The van der Waals surface area contributed by atoms with Crippen LogP contribution in [0.3, 0.4) is 0 Å². The molecule has 0 radical (unpaired) electrons. The number of hydrogen-bond donors (Lipinski definition) is 0. The molecule has 5 heteroatoms. The van der Waals surface area contributed by atoms with E-state index in [1.54, 1.807) is 0 Å². The van der Waals surface area contributed by atoms with Gasteiger partial charge in [-0.1, -0.05) is 56.9 Å². The first-order valence-corrected chi connectivity index (χ1v) is 12.7. The van der Waals surface area contributed by atoms with Crippen LogP contribution in [0.1, 0.15) is 93.7 Å². The van der Waals surface area contributed by atoms with Gasteiger partial charge in [-0.2, -0.15) is 0 Å². The number of benzene rings is 2. The van der Waals surface area contributed by atoms with Gasteiger partial charge >= 0.3 is 0 Å². The summed E-state index contributed by atoms with van der Waals surface area (Å²) in [5.74, 6) is -4.45. The van der Waals surface area contributed by atoms with Gasteiger partial charge in [0.2, 0.25) is 0 Å². The highest BCUT2D eigenvalue weighted by molar-refractivity contribution is 5.83. The SMILES string of the molecule is CCCC1CCC(C2CCC(c3ccc(C(F)=C(F)c4cc(F)c(F)c(F)c4)cc3)CC2)CC1. The maximum absolute atomic E-state index is 14.7. The topological polar surface area (TPSA) is 0 Å². The van der Waals surface area contributed by atoms with E-state index < -0.39 is 34.7 Å². The summed E-state index contributed by atoms with van der Waals surface area (Å²) >= 11 is 0. The molecule has 2 aliphatic rings. The van der Waals surface area contributed by atoms with Gasteiger partial charge in [0.05, 0.1) is 0 Å². The molecule has 2 aromatic carbocycles. The maximum atomic E-state index is 14.7. The molecular formula is C29H33F5. The molecule has 0 aromatic heterocycles. The minimum atomic E-state index is -1.71. The molecule has 2 aromatic rings. The average Bonchev–Trinajstić information content (AvgIpc) is 2.87. The van der Waals surface area contributed by atoms with Crippen molar-refractivity contribution in [1.29, 1.82) is 0 Å². The lowest BCUT2D eigenvalue weighted by Crippen LogP contribution is -2.25. The predicted octanol–water partition coefficient (Wildman–Crippen LogP) is 9.75. The van der Waals surface area contributed by atoms with Crippen LogP contribution in [0.25, 0.3) is 11.7 Å². The highest BCUT2D eigenvalue weighted by Crippen LogP contribution is 2.44. The fraction of sp³-hybridized carbons (Fsp3) is 0.517. The smallest absolute Gasteiger partial charge is 0.194 e. The molecular weight excluding hydrogens is 443 g/mol. The van der Waals surface area contributed by atoms with Gasteiger partial charge in [0, 0.05) is 11.1 Å². The fourth-order valence-electron chi connectivity index (χ4n) is 6.12. The summed E-state index contributed by atoms with van der Waals surface area (Å²) in [6.45, 7) is 2.27. The normalized spacial score (nSPS) is 26.3. The minimum absolute atomic E-state index is 0.0103. The Balaban J connectivity index is 1.36. The summed E-state index contributed by atoms with van der Waals surface area (Å²) in [5, 5.41) is 0. The molecule has 0 saturated heterocycles. The molecule has 0 aliphatic heterocycles. The molecule has 0 unspecified atom stereocenters. The van der Waals surface area contributed by atoms with Crippen LogP contribution >= 0.6 is 0 Å². The predicted molar refractivity (Wildman–Crippen MR) is 127 cm³/mol. The Morgan fingerprint density at radius 1 is 0.706 bits per heavy atom. The fourth-order valence-corrected chi connectivity index (χ4v) is 6.12. The van der Waals surface area contributed by atoms with Gasteiger partial charge in [-0.15, -0.1) is 0 Å². The van der Waals surface area contributed by atoms with Crippen LogP contribution in [0.4, 0.5) is 22.0 Å². The molecule has 4 rings (SSSR count). The summed E-state index contributed by atoms with van der Waals surface area (Å²) in [7, 11) is 0. The molecule has 184 valence electrons. The van der Waals surface area contributed by atoms with E-state index in [1.807, 2.05) is 12.1 Å². The molecule has 0 heterocycles. The van der Waals surface area contributed by atoms with E-state index in [2.05, 4.69) is 6.92 Å². The van der Waals surface area contributed by atoms with Crippen molar-refractivity contribution in [2.75, 3.05) is 0 Å². The van der Waals surface area contributed by atoms with Crippen molar-refractivity contribution in [3.05, 3.63) is 70.5 Å². The van der Waals surface area contributed by atoms with Crippen LogP contribution in [0.2, 0.25) is 0 Å². The van der Waals surface area contributed by atoms with Gasteiger partial charge in [0.15, 0.2) is 29.1 Å². The van der Waals surface area contributed by atoms with Crippen LogP contribution < -0.4 is 0 Å². The van der Waals surface area contributed by atoms with Crippen LogP contribution in [-0.2, 0) is 0 Å². The zero-order valence-corrected chi connectivity index (χ0v) is 19.7. The Morgan fingerprint density at radius 2 is 1.21 bits per heavy atom. The highest BCUT2D eigenvalue weighted by Gasteiger charge is 2.31. The standard InChI is InChI=1S/C29H33F5/c1-2-3-18-4-6-19(7-5-18)20-8-10-21(11-9-20)22-12-14-23(15-13-22)27(32)28(33)24-16-25(30)29(34)26(31)17-24/h12-21H,2-11H2,1H3. The van der Waals surface area contributed by atoms with Crippen molar-refractivity contribution in [2.24, 2.45) is 17.8 Å². The molecule has 0 nitrogen and oxygen atoms in total. The van der Waals surface area contributed by atoms with E-state index in [4.69, 9.17) is 0 Å². The lowest BCUT2D eigenvalue weighted by molar-refractivity contribution is 0.156. The Labute approximate surface area is 199 Å². The first kappa shape index (κ1) is 24.9. The van der Waals surface area contributed by atoms with E-state index in [1.165, 1.54) is 63.5 Å². The van der Waals surface area contributed by atoms with E-state index in [9.17, 15) is 22.0 Å². The summed E-state index contributed by atoms with van der Waals surface area (Å²) in [4.78, 5) is 0. The van der Waals surface area contributed by atoms with Gasteiger partial charge in [-0.05, 0) is 79.9 Å². The van der Waals surface area contributed by atoms with Crippen LogP contribution in [0.15, 0.2) is 36.4 Å². The van der Waals surface area contributed by atoms with Gasteiger partial charge in [0.25, 0.3) is 0 Å². The van der Waals surface area contributed by atoms with Gasteiger partial charge in [0.1, 0.15) is 0 Å². The molecule has 0 bridgehead atoms. The molecule has 0 N–H and O–H groups in total. The zero-order valence-electron chi connectivity index (χ0n) is 19.7. The lowest BCUT2D eigenvalue weighted by Gasteiger charge is -2.38. The minimum Gasteiger partial charge on any atom is -0.204 e. The van der Waals surface area contributed by atoms with Crippen molar-refractivity contribution >= 4 is 11.7 Å². The van der Waals surface area contributed by atoms with Gasteiger partial charge in [-0.25, -0.2) is 22.0 Å². The van der Waals surface area contributed by atoms with Crippen molar-refractivity contribution < 1.29 is 22.0 Å². The number of rotatable bonds is 6. The first-order chi connectivity index (χ1) is 16.4. The van der Waals surface area contributed by atoms with Crippen LogP contribution in [-0.4, -0.2) is 0 Å². The van der Waals surface area contributed by atoms with Gasteiger partial charge in [-0.3, -0.25) is 0 Å². The van der Waals surface area contributed by atoms with E-state index in [0.717, 1.165) is 36.2 Å². The average molecular weight is 477 g/mol. The summed E-state index contributed by atoms with van der Waals surface area (Å²) in [6.07, 6.45) is 12.8. The molecule has 0 atom stereocenters. The summed E-state index contributed by atoms with van der Waals surface area (Å²) in [6, 6.07) is 7.54. The molecule has 0 spiro atoms. The monoisotopic (exact) mass is 476 g/mol. The molecule has 2 aliphatic carbocycles. The molecule has 0 amide bonds. The third-order valence-corrected chi connectivity index (χ3v) is 8.09. The van der Waals surface area contributed by atoms with Crippen molar-refractivity contribution in [1.82, 2.24) is 0 Å². The first-order valence-electron chi connectivity index (χ1n) is 12.7. The maximum Gasteiger partial charge on any atom is 0.194 e. The Kier molecular flexibility index (Phi) is 8.10. The second-order valence-corrected chi connectivity index (χ2v) is 10.2. The summed E-state index contributed by atoms with van der Waals surface area (Å²) in [5.41, 5.74) is 0.435. The Bertz CT molecular complexity index is 971. The van der Waals surface area contributed by atoms with Crippen molar-refractivity contribution in [3.8, 4) is 0 Å². The number of hydrogen-bond acceptors (Lipinski definition) is 0. The summed E-state index contributed by atoms with van der Waals surface area (Å²) < 4.78 is 69.0. The Hall–Kier alpha value is -2.17. The Morgan fingerprint density at radius 3 is 1.74 bits per heavy atom. The van der Waals surface area contributed by atoms with E-state index in [-0.39, 0.29) is 5.56 Å². The molecule has 34 heavy (non-hydrogen) atoms. The van der Waals surface area contributed by atoms with E-state index in [0.29, 0.717) is 18.1 Å². The van der Waals surface area contributed by atoms with Crippen molar-refractivity contribution in [3.63, 3.8) is 0 Å². The third-order valence-electron chi connectivity index (χ3n) is 8.09. The van der Waals surface area contributed by atoms with Crippen LogP contribution in [0.5, 0.6) is 0 Å². The molecule has 2 saturated carbocycles. The highest BCUT2D eigenvalue weighted by atomic mass is 19.2. The quantitative estimate of drug-likeness (QED) is 0.221. The molecule has 2 fully saturated rings. The van der Waals surface area contributed by atoms with E-state index >= 15 is 0 Å².